The molecule has 0 atom stereocenters. The molecule has 1 aliphatic rings. The van der Waals surface area contributed by atoms with Crippen LogP contribution >= 0.6 is 34.5 Å². The summed E-state index contributed by atoms with van der Waals surface area (Å²) in [4.78, 5) is 22.3. The fourth-order valence-corrected chi connectivity index (χ4v) is 4.88. The van der Waals surface area contributed by atoms with E-state index in [0.717, 1.165) is 29.9 Å². The number of hydrogen-bond donors (Lipinski definition) is 0. The van der Waals surface area contributed by atoms with Gasteiger partial charge in [0.1, 0.15) is 0 Å². The molecule has 0 radical (unpaired) electrons. The van der Waals surface area contributed by atoms with Crippen molar-refractivity contribution >= 4 is 55.8 Å². The molecule has 1 amide bonds. The second-order valence-electron chi connectivity index (χ2n) is 7.44. The zero-order valence-corrected chi connectivity index (χ0v) is 19.3. The molecule has 30 heavy (non-hydrogen) atoms. The number of nitrogens with zero attached hydrogens (tertiary/aromatic N) is 3. The molecule has 0 N–H and O–H groups in total. The molecule has 2 aromatic carbocycles. The second-order valence-corrected chi connectivity index (χ2v) is 9.29. The zero-order chi connectivity index (χ0) is 21.3. The Morgan fingerprint density at radius 2 is 1.90 bits per heavy atom. The zero-order valence-electron chi connectivity index (χ0n) is 17.0. The fourth-order valence-electron chi connectivity index (χ4n) is 3.44. The van der Waals surface area contributed by atoms with Crippen LogP contribution in [0.1, 0.15) is 21.5 Å². The molecule has 0 aliphatic carbocycles. The van der Waals surface area contributed by atoms with E-state index in [-0.39, 0.29) is 5.91 Å². The smallest absolute Gasteiger partial charge is 0.261 e. The van der Waals surface area contributed by atoms with Crippen molar-refractivity contribution in [3.05, 3.63) is 57.1 Å². The third-order valence-corrected chi connectivity index (χ3v) is 6.98. The van der Waals surface area contributed by atoms with Gasteiger partial charge in [0.2, 0.25) is 0 Å². The Balaban J connectivity index is 1.69. The van der Waals surface area contributed by atoms with E-state index in [2.05, 4.69) is 30.9 Å². The van der Waals surface area contributed by atoms with E-state index in [9.17, 15) is 4.79 Å². The van der Waals surface area contributed by atoms with Crippen LogP contribution in [0.4, 0.5) is 5.13 Å². The lowest BCUT2D eigenvalue weighted by atomic mass is 10.1. The third kappa shape index (κ3) is 4.63. The van der Waals surface area contributed by atoms with Crippen LogP contribution in [-0.2, 0) is 4.74 Å². The van der Waals surface area contributed by atoms with E-state index < -0.39 is 0 Å². The summed E-state index contributed by atoms with van der Waals surface area (Å²) in [5.41, 5.74) is 3.68. The average Bonchev–Trinajstić information content (AvgIpc) is 3.13. The number of carbonyl (C=O) groups excluding carboxylic acids is 1. The number of aryl methyl sites for hydroxylation is 2. The molecule has 1 aromatic heterocycles. The van der Waals surface area contributed by atoms with Gasteiger partial charge in [-0.1, -0.05) is 34.5 Å². The number of benzene rings is 2. The van der Waals surface area contributed by atoms with E-state index in [4.69, 9.17) is 32.9 Å². The highest BCUT2D eigenvalue weighted by Gasteiger charge is 2.25. The number of carbonyl (C=O) groups is 1. The van der Waals surface area contributed by atoms with Gasteiger partial charge >= 0.3 is 0 Å². The molecule has 0 saturated carbocycles. The minimum absolute atomic E-state index is 0.191. The molecule has 0 spiro atoms. The van der Waals surface area contributed by atoms with Crippen molar-refractivity contribution in [2.45, 2.75) is 13.8 Å². The Hall–Kier alpha value is -1.70. The topological polar surface area (TPSA) is 45.7 Å². The van der Waals surface area contributed by atoms with Gasteiger partial charge in [0, 0.05) is 31.2 Å². The molecule has 8 heteroatoms. The summed E-state index contributed by atoms with van der Waals surface area (Å²) in [6.07, 6.45) is 0. The Labute approximate surface area is 190 Å². The number of thiazole rings is 1. The highest BCUT2D eigenvalue weighted by Crippen LogP contribution is 2.32. The molecule has 4 rings (SSSR count). The average molecular weight is 464 g/mol. The number of anilines is 1. The Morgan fingerprint density at radius 3 is 2.67 bits per heavy atom. The van der Waals surface area contributed by atoms with Gasteiger partial charge in [-0.3, -0.25) is 14.6 Å². The molecule has 1 aliphatic heterocycles. The maximum absolute atomic E-state index is 13.5. The van der Waals surface area contributed by atoms with Gasteiger partial charge in [-0.15, -0.1) is 0 Å². The van der Waals surface area contributed by atoms with Crippen molar-refractivity contribution in [1.29, 1.82) is 0 Å². The first-order valence-corrected chi connectivity index (χ1v) is 11.4. The number of ether oxygens (including phenoxy) is 1. The van der Waals surface area contributed by atoms with Crippen LogP contribution in [0.2, 0.25) is 10.0 Å². The highest BCUT2D eigenvalue weighted by molar-refractivity contribution is 7.22. The van der Waals surface area contributed by atoms with Crippen LogP contribution in [0.25, 0.3) is 10.2 Å². The van der Waals surface area contributed by atoms with E-state index in [1.54, 1.807) is 23.1 Å². The van der Waals surface area contributed by atoms with E-state index in [0.29, 0.717) is 40.5 Å². The molecule has 5 nitrogen and oxygen atoms in total. The Morgan fingerprint density at radius 1 is 1.17 bits per heavy atom. The SMILES string of the molecule is Cc1cc2nc(N(CCN3CCOCC3)C(=O)c3cc(Cl)ccc3Cl)sc2cc1C. The van der Waals surface area contributed by atoms with Gasteiger partial charge in [-0.05, 0) is 55.3 Å². The summed E-state index contributed by atoms with van der Waals surface area (Å²) in [6.45, 7) is 8.56. The Bertz CT molecular complexity index is 1040. The molecule has 158 valence electrons. The van der Waals surface area contributed by atoms with Crippen molar-refractivity contribution in [3.63, 3.8) is 0 Å². The van der Waals surface area contributed by atoms with Crippen molar-refractivity contribution < 1.29 is 9.53 Å². The molecule has 0 bridgehead atoms. The minimum atomic E-state index is -0.191. The summed E-state index contributed by atoms with van der Waals surface area (Å²) >= 11 is 14.0. The van der Waals surface area contributed by atoms with Crippen LogP contribution in [0.5, 0.6) is 0 Å². The van der Waals surface area contributed by atoms with Crippen LogP contribution in [0, 0.1) is 13.8 Å². The summed E-state index contributed by atoms with van der Waals surface area (Å²) in [6, 6.07) is 9.16. The second kappa shape index (κ2) is 9.20. The van der Waals surface area contributed by atoms with Crippen molar-refractivity contribution in [2.24, 2.45) is 0 Å². The standard InChI is InChI=1S/C22H23Cl2N3O2S/c1-14-11-19-20(12-15(14)2)30-22(25-19)27(6-5-26-7-9-29-10-8-26)21(28)17-13-16(23)3-4-18(17)24/h3-4,11-13H,5-10H2,1-2H3. The fraction of sp³-hybridized carbons (Fsp3) is 0.364. The van der Waals surface area contributed by atoms with Crippen molar-refractivity contribution in [1.82, 2.24) is 9.88 Å². The number of morpholine rings is 1. The molecule has 3 aromatic rings. The van der Waals surface area contributed by atoms with Gasteiger partial charge in [0.15, 0.2) is 5.13 Å². The highest BCUT2D eigenvalue weighted by atomic mass is 35.5. The predicted octanol–water partition coefficient (Wildman–Crippen LogP) is 5.20. The maximum atomic E-state index is 13.5. The summed E-state index contributed by atoms with van der Waals surface area (Å²) in [7, 11) is 0. The summed E-state index contributed by atoms with van der Waals surface area (Å²) in [5.74, 6) is -0.191. The summed E-state index contributed by atoms with van der Waals surface area (Å²) < 4.78 is 6.50. The third-order valence-electron chi connectivity index (χ3n) is 5.37. The first kappa shape index (κ1) is 21.5. The minimum Gasteiger partial charge on any atom is -0.379 e. The number of aromatic nitrogens is 1. The van der Waals surface area contributed by atoms with Crippen molar-refractivity contribution in [2.75, 3.05) is 44.3 Å². The molecule has 1 saturated heterocycles. The number of rotatable bonds is 5. The maximum Gasteiger partial charge on any atom is 0.261 e. The van der Waals surface area contributed by atoms with E-state index in [1.807, 2.05) is 0 Å². The van der Waals surface area contributed by atoms with Crippen LogP contribution in [0.3, 0.4) is 0 Å². The molecular weight excluding hydrogens is 441 g/mol. The molecule has 0 unspecified atom stereocenters. The van der Waals surface area contributed by atoms with Gasteiger partial charge in [-0.25, -0.2) is 4.98 Å². The molecular formula is C22H23Cl2N3O2S. The van der Waals surface area contributed by atoms with Gasteiger partial charge in [0.25, 0.3) is 5.91 Å². The molecule has 1 fully saturated rings. The van der Waals surface area contributed by atoms with Gasteiger partial charge in [-0.2, -0.15) is 0 Å². The van der Waals surface area contributed by atoms with Gasteiger partial charge < -0.3 is 4.74 Å². The normalized spacial score (nSPS) is 14.9. The quantitative estimate of drug-likeness (QED) is 0.521. The monoisotopic (exact) mass is 463 g/mol. The number of fused-ring (bicyclic) bond motifs is 1. The van der Waals surface area contributed by atoms with Gasteiger partial charge in [0.05, 0.1) is 34.0 Å². The molecule has 2 heterocycles. The lowest BCUT2D eigenvalue weighted by Crippen LogP contribution is -2.43. The van der Waals surface area contributed by atoms with E-state index >= 15 is 0 Å². The first-order valence-electron chi connectivity index (χ1n) is 9.87. The number of hydrogen-bond acceptors (Lipinski definition) is 5. The first-order chi connectivity index (χ1) is 14.4. The van der Waals surface area contributed by atoms with E-state index in [1.165, 1.54) is 22.5 Å². The number of amides is 1. The predicted molar refractivity (Wildman–Crippen MR) is 124 cm³/mol. The number of halogens is 2. The van der Waals surface area contributed by atoms with Crippen LogP contribution in [-0.4, -0.2) is 55.2 Å². The lowest BCUT2D eigenvalue weighted by molar-refractivity contribution is 0.0391. The lowest BCUT2D eigenvalue weighted by Gasteiger charge is -2.29. The van der Waals surface area contributed by atoms with Crippen LogP contribution < -0.4 is 4.90 Å². The summed E-state index contributed by atoms with van der Waals surface area (Å²) in [5, 5.41) is 1.53. The van der Waals surface area contributed by atoms with Crippen LogP contribution in [0.15, 0.2) is 30.3 Å². The van der Waals surface area contributed by atoms with Crippen molar-refractivity contribution in [3.8, 4) is 0 Å². The largest absolute Gasteiger partial charge is 0.379 e. The Kier molecular flexibility index (Phi) is 6.60.